The van der Waals surface area contributed by atoms with Crippen LogP contribution in [-0.2, 0) is 0 Å². The second-order valence-electron chi connectivity index (χ2n) is 3.57. The summed E-state index contributed by atoms with van der Waals surface area (Å²) in [4.78, 5) is 0. The molecule has 2 nitrogen and oxygen atoms in total. The van der Waals surface area contributed by atoms with E-state index in [-0.39, 0.29) is 11.6 Å². The average molecular weight is 217 g/mol. The van der Waals surface area contributed by atoms with Gasteiger partial charge >= 0.3 is 0 Å². The zero-order valence-corrected chi connectivity index (χ0v) is 7.86. The van der Waals surface area contributed by atoms with Gasteiger partial charge in [0.1, 0.15) is 0 Å². The molecule has 0 aromatic heterocycles. The van der Waals surface area contributed by atoms with Gasteiger partial charge in [0, 0.05) is 11.6 Å². The van der Waals surface area contributed by atoms with E-state index >= 15 is 0 Å². The third-order valence-electron chi connectivity index (χ3n) is 2.60. The maximum Gasteiger partial charge on any atom is 0.203 e. The highest BCUT2D eigenvalue weighted by Gasteiger charge is 2.25. The number of phenolic OH excluding ortho intramolecular Hbond substituents is 1. The molecule has 1 aromatic carbocycles. The second kappa shape index (κ2) is 3.73. The van der Waals surface area contributed by atoms with E-state index < -0.39 is 23.2 Å². The molecule has 0 unspecified atom stereocenters. The van der Waals surface area contributed by atoms with Crippen LogP contribution >= 0.6 is 0 Å². The SMILES string of the molecule is Oc1c(F)c(F)cc([C@H]2CCCN2)c1F. The zero-order chi connectivity index (χ0) is 11.0. The molecule has 2 rings (SSSR count). The van der Waals surface area contributed by atoms with Crippen molar-refractivity contribution in [2.24, 2.45) is 0 Å². The summed E-state index contributed by atoms with van der Waals surface area (Å²) in [6, 6.07) is 0.457. The number of hydrogen-bond donors (Lipinski definition) is 2. The van der Waals surface area contributed by atoms with Gasteiger partial charge in [0.15, 0.2) is 17.4 Å². The van der Waals surface area contributed by atoms with Gasteiger partial charge in [-0.15, -0.1) is 0 Å². The first-order valence-electron chi connectivity index (χ1n) is 4.71. The van der Waals surface area contributed by atoms with Crippen molar-refractivity contribution in [3.05, 3.63) is 29.1 Å². The highest BCUT2D eigenvalue weighted by Crippen LogP contribution is 2.32. The van der Waals surface area contributed by atoms with Gasteiger partial charge < -0.3 is 10.4 Å². The summed E-state index contributed by atoms with van der Waals surface area (Å²) in [6.07, 6.45) is 1.51. The maximum atomic E-state index is 13.4. The van der Waals surface area contributed by atoms with E-state index in [4.69, 9.17) is 5.11 Å². The van der Waals surface area contributed by atoms with Gasteiger partial charge in [-0.05, 0) is 25.5 Å². The molecule has 1 aliphatic heterocycles. The summed E-state index contributed by atoms with van der Waals surface area (Å²) in [5.41, 5.74) is -0.0103. The van der Waals surface area contributed by atoms with Gasteiger partial charge in [0.25, 0.3) is 0 Å². The molecule has 1 atom stereocenters. The predicted molar refractivity (Wildman–Crippen MR) is 48.0 cm³/mol. The molecule has 1 fully saturated rings. The second-order valence-corrected chi connectivity index (χ2v) is 3.57. The number of benzene rings is 1. The number of rotatable bonds is 1. The summed E-state index contributed by atoms with van der Waals surface area (Å²) in [7, 11) is 0. The van der Waals surface area contributed by atoms with Crippen molar-refractivity contribution >= 4 is 0 Å². The normalized spacial score (nSPS) is 20.9. The van der Waals surface area contributed by atoms with E-state index in [2.05, 4.69) is 5.32 Å². The predicted octanol–water partition coefficient (Wildman–Crippen LogP) is 2.23. The molecule has 15 heavy (non-hydrogen) atoms. The summed E-state index contributed by atoms with van der Waals surface area (Å²) in [5.74, 6) is -5.07. The number of hydrogen-bond acceptors (Lipinski definition) is 2. The smallest absolute Gasteiger partial charge is 0.203 e. The zero-order valence-electron chi connectivity index (χ0n) is 7.86. The molecule has 2 N–H and O–H groups in total. The van der Waals surface area contributed by atoms with Crippen molar-refractivity contribution in [2.75, 3.05) is 6.54 Å². The first-order chi connectivity index (χ1) is 7.11. The third kappa shape index (κ3) is 1.67. The Labute approximate surface area is 84.7 Å². The molecule has 0 bridgehead atoms. The van der Waals surface area contributed by atoms with Crippen LogP contribution in [0.1, 0.15) is 24.4 Å². The Morgan fingerprint density at radius 3 is 2.60 bits per heavy atom. The number of phenols is 1. The molecule has 5 heteroatoms. The van der Waals surface area contributed by atoms with Crippen LogP contribution < -0.4 is 5.32 Å². The van der Waals surface area contributed by atoms with Crippen LogP contribution in [0.2, 0.25) is 0 Å². The van der Waals surface area contributed by atoms with Gasteiger partial charge in [0.2, 0.25) is 5.82 Å². The van der Waals surface area contributed by atoms with Crippen LogP contribution in [-0.4, -0.2) is 11.7 Å². The van der Waals surface area contributed by atoms with Crippen molar-refractivity contribution < 1.29 is 18.3 Å². The van der Waals surface area contributed by atoms with Gasteiger partial charge in [-0.1, -0.05) is 0 Å². The Bertz CT molecular complexity index is 389. The van der Waals surface area contributed by atoms with Crippen molar-refractivity contribution in [3.63, 3.8) is 0 Å². The fraction of sp³-hybridized carbons (Fsp3) is 0.400. The van der Waals surface area contributed by atoms with Crippen molar-refractivity contribution in [1.82, 2.24) is 5.32 Å². The summed E-state index contributed by atoms with van der Waals surface area (Å²) in [6.45, 7) is 0.712. The Hall–Kier alpha value is -1.23. The first-order valence-corrected chi connectivity index (χ1v) is 4.71. The minimum Gasteiger partial charge on any atom is -0.503 e. The summed E-state index contributed by atoms with van der Waals surface area (Å²) in [5, 5.41) is 12.0. The first kappa shape index (κ1) is 10.3. The number of halogens is 3. The summed E-state index contributed by atoms with van der Waals surface area (Å²) < 4.78 is 39.1. The van der Waals surface area contributed by atoms with Crippen LogP contribution in [0.5, 0.6) is 5.75 Å². The Morgan fingerprint density at radius 2 is 2.00 bits per heavy atom. The number of nitrogens with one attached hydrogen (secondary N) is 1. The van der Waals surface area contributed by atoms with Crippen LogP contribution in [0.15, 0.2) is 6.07 Å². The average Bonchev–Trinajstić information content (AvgIpc) is 2.73. The number of aromatic hydroxyl groups is 1. The lowest BCUT2D eigenvalue weighted by Gasteiger charge is -2.13. The van der Waals surface area contributed by atoms with Crippen LogP contribution in [0.3, 0.4) is 0 Å². The molecule has 82 valence electrons. The van der Waals surface area contributed by atoms with Gasteiger partial charge in [-0.2, -0.15) is 4.39 Å². The maximum absolute atomic E-state index is 13.4. The molecule has 1 aromatic rings. The van der Waals surface area contributed by atoms with Gasteiger partial charge in [0.05, 0.1) is 0 Å². The Balaban J connectivity index is 2.47. The van der Waals surface area contributed by atoms with E-state index in [0.29, 0.717) is 13.0 Å². The lowest BCUT2D eigenvalue weighted by molar-refractivity contribution is 0.369. The third-order valence-corrected chi connectivity index (χ3v) is 2.60. The van der Waals surface area contributed by atoms with Crippen molar-refractivity contribution in [1.29, 1.82) is 0 Å². The van der Waals surface area contributed by atoms with Gasteiger partial charge in [-0.25, -0.2) is 8.78 Å². The van der Waals surface area contributed by atoms with E-state index in [1.807, 2.05) is 0 Å². The highest BCUT2D eigenvalue weighted by atomic mass is 19.2. The molecule has 0 radical (unpaired) electrons. The fourth-order valence-electron chi connectivity index (χ4n) is 1.81. The van der Waals surface area contributed by atoms with E-state index in [1.54, 1.807) is 0 Å². The van der Waals surface area contributed by atoms with Crippen LogP contribution in [0.25, 0.3) is 0 Å². The molecule has 0 aliphatic carbocycles. The van der Waals surface area contributed by atoms with E-state index in [1.165, 1.54) is 0 Å². The molecule has 0 saturated carbocycles. The largest absolute Gasteiger partial charge is 0.503 e. The molecule has 1 aliphatic rings. The minimum atomic E-state index is -1.53. The van der Waals surface area contributed by atoms with E-state index in [0.717, 1.165) is 12.5 Å². The van der Waals surface area contributed by atoms with Crippen molar-refractivity contribution in [3.8, 4) is 5.75 Å². The fourth-order valence-corrected chi connectivity index (χ4v) is 1.81. The highest BCUT2D eigenvalue weighted by molar-refractivity contribution is 5.34. The molecule has 1 saturated heterocycles. The molecule has 1 heterocycles. The Kier molecular flexibility index (Phi) is 2.56. The van der Waals surface area contributed by atoms with Crippen LogP contribution in [0.4, 0.5) is 13.2 Å². The molecular weight excluding hydrogens is 207 g/mol. The monoisotopic (exact) mass is 217 g/mol. The molecule has 0 amide bonds. The standard InChI is InChI=1S/C10H10F3NO/c11-6-4-5(7-2-1-3-14-7)8(12)10(15)9(6)13/h4,7,14-15H,1-3H2/t7-/m1/s1. The van der Waals surface area contributed by atoms with E-state index in [9.17, 15) is 13.2 Å². The molecule has 0 spiro atoms. The quantitative estimate of drug-likeness (QED) is 0.707. The lowest BCUT2D eigenvalue weighted by atomic mass is 10.0. The Morgan fingerprint density at radius 1 is 1.27 bits per heavy atom. The van der Waals surface area contributed by atoms with Crippen molar-refractivity contribution in [2.45, 2.75) is 18.9 Å². The minimum absolute atomic E-state index is 0.0103. The summed E-state index contributed by atoms with van der Waals surface area (Å²) >= 11 is 0. The van der Waals surface area contributed by atoms with Gasteiger partial charge in [-0.3, -0.25) is 0 Å². The lowest BCUT2D eigenvalue weighted by Crippen LogP contribution is -2.15. The topological polar surface area (TPSA) is 32.3 Å². The van der Waals surface area contributed by atoms with Crippen LogP contribution in [0, 0.1) is 17.5 Å². The molecular formula is C10H10F3NO.